The average Bonchev–Trinajstić information content (AvgIpc) is 2.29. The SMILES string of the molecule is N#CC(C#N)C(=O)/C=C/c1ccccc1. The predicted octanol–water partition coefficient (Wildman–Crippen LogP) is 1.93. The van der Waals surface area contributed by atoms with Crippen LogP contribution in [0.4, 0.5) is 0 Å². The Hall–Kier alpha value is -2.39. The molecule has 3 nitrogen and oxygen atoms in total. The van der Waals surface area contributed by atoms with Gasteiger partial charge in [-0.1, -0.05) is 36.4 Å². The average molecular weight is 196 g/mol. The van der Waals surface area contributed by atoms with Crippen LogP contribution >= 0.6 is 0 Å². The largest absolute Gasteiger partial charge is 0.292 e. The van der Waals surface area contributed by atoms with Gasteiger partial charge in [-0.05, 0) is 11.6 Å². The van der Waals surface area contributed by atoms with Crippen LogP contribution in [0.5, 0.6) is 0 Å². The standard InChI is InChI=1S/C12H8N2O/c13-8-11(9-14)12(15)7-6-10-4-2-1-3-5-10/h1-7,11H/b7-6+. The monoisotopic (exact) mass is 196 g/mol. The molecule has 0 aliphatic carbocycles. The summed E-state index contributed by atoms with van der Waals surface area (Å²) in [4.78, 5) is 11.2. The molecule has 0 aliphatic heterocycles. The minimum Gasteiger partial charge on any atom is -0.292 e. The Morgan fingerprint density at radius 2 is 1.80 bits per heavy atom. The van der Waals surface area contributed by atoms with E-state index in [2.05, 4.69) is 0 Å². The van der Waals surface area contributed by atoms with Crippen LogP contribution in [-0.2, 0) is 4.79 Å². The molecule has 0 amide bonds. The highest BCUT2D eigenvalue weighted by molar-refractivity contribution is 5.98. The van der Waals surface area contributed by atoms with Crippen LogP contribution in [0.1, 0.15) is 5.56 Å². The molecule has 0 heterocycles. The number of rotatable bonds is 3. The molecule has 1 aromatic rings. The van der Waals surface area contributed by atoms with Crippen molar-refractivity contribution in [2.75, 3.05) is 0 Å². The fraction of sp³-hybridized carbons (Fsp3) is 0.0833. The lowest BCUT2D eigenvalue weighted by atomic mass is 10.1. The quantitative estimate of drug-likeness (QED) is 0.694. The van der Waals surface area contributed by atoms with Crippen LogP contribution in [-0.4, -0.2) is 5.78 Å². The summed E-state index contributed by atoms with van der Waals surface area (Å²) in [5, 5.41) is 16.9. The number of ketones is 1. The Labute approximate surface area is 87.9 Å². The van der Waals surface area contributed by atoms with E-state index in [0.717, 1.165) is 5.56 Å². The molecule has 0 saturated heterocycles. The third-order valence-electron chi connectivity index (χ3n) is 1.78. The predicted molar refractivity (Wildman–Crippen MR) is 55.2 cm³/mol. The molecule has 3 heteroatoms. The summed E-state index contributed by atoms with van der Waals surface area (Å²) < 4.78 is 0. The normalized spacial score (nSPS) is 9.80. The number of allylic oxidation sites excluding steroid dienone is 1. The van der Waals surface area contributed by atoms with E-state index in [0.29, 0.717) is 0 Å². The first kappa shape index (κ1) is 10.7. The van der Waals surface area contributed by atoms with Gasteiger partial charge in [-0.25, -0.2) is 0 Å². The second kappa shape index (κ2) is 5.36. The molecule has 1 rings (SSSR count). The zero-order valence-electron chi connectivity index (χ0n) is 7.92. The third kappa shape index (κ3) is 3.10. The zero-order valence-corrected chi connectivity index (χ0v) is 7.92. The molecule has 0 atom stereocenters. The van der Waals surface area contributed by atoms with Gasteiger partial charge in [-0.15, -0.1) is 0 Å². The van der Waals surface area contributed by atoms with Crippen molar-refractivity contribution in [2.45, 2.75) is 0 Å². The maximum atomic E-state index is 11.2. The van der Waals surface area contributed by atoms with Crippen molar-refractivity contribution in [1.29, 1.82) is 10.5 Å². The van der Waals surface area contributed by atoms with Crippen LogP contribution < -0.4 is 0 Å². The molecule has 0 aromatic heterocycles. The van der Waals surface area contributed by atoms with E-state index in [-0.39, 0.29) is 0 Å². The number of carbonyl (C=O) groups excluding carboxylic acids is 1. The fourth-order valence-electron chi connectivity index (χ4n) is 0.995. The molecule has 72 valence electrons. The number of nitrogens with zero attached hydrogens (tertiary/aromatic N) is 2. The molecule has 0 N–H and O–H groups in total. The molecule has 15 heavy (non-hydrogen) atoms. The zero-order chi connectivity index (χ0) is 11.1. The minimum atomic E-state index is -1.20. The molecule has 0 spiro atoms. The van der Waals surface area contributed by atoms with Gasteiger partial charge in [0, 0.05) is 0 Å². The van der Waals surface area contributed by atoms with Crippen LogP contribution in [0.15, 0.2) is 36.4 Å². The van der Waals surface area contributed by atoms with E-state index < -0.39 is 11.7 Å². The summed E-state index contributed by atoms with van der Waals surface area (Å²) in [7, 11) is 0. The Bertz CT molecular complexity index is 435. The van der Waals surface area contributed by atoms with E-state index in [9.17, 15) is 4.79 Å². The highest BCUT2D eigenvalue weighted by Crippen LogP contribution is 2.03. The summed E-state index contributed by atoms with van der Waals surface area (Å²) in [5.41, 5.74) is 0.862. The van der Waals surface area contributed by atoms with Crippen LogP contribution in [0.25, 0.3) is 6.08 Å². The van der Waals surface area contributed by atoms with E-state index in [1.807, 2.05) is 30.3 Å². The Morgan fingerprint density at radius 1 is 1.20 bits per heavy atom. The van der Waals surface area contributed by atoms with Crippen molar-refractivity contribution in [3.05, 3.63) is 42.0 Å². The van der Waals surface area contributed by atoms with Gasteiger partial charge >= 0.3 is 0 Å². The van der Waals surface area contributed by atoms with Crippen molar-refractivity contribution in [3.8, 4) is 12.1 Å². The molecule has 0 aliphatic rings. The maximum Gasteiger partial charge on any atom is 0.195 e. The van der Waals surface area contributed by atoms with Crippen LogP contribution in [0.2, 0.25) is 0 Å². The van der Waals surface area contributed by atoms with Crippen molar-refractivity contribution >= 4 is 11.9 Å². The summed E-state index contributed by atoms with van der Waals surface area (Å²) in [6, 6.07) is 12.5. The summed E-state index contributed by atoms with van der Waals surface area (Å²) >= 11 is 0. The van der Waals surface area contributed by atoms with E-state index in [1.165, 1.54) is 6.08 Å². The lowest BCUT2D eigenvalue weighted by Crippen LogP contribution is -2.06. The molecule has 0 saturated carbocycles. The first-order valence-electron chi connectivity index (χ1n) is 4.34. The summed E-state index contributed by atoms with van der Waals surface area (Å²) in [6.07, 6.45) is 2.84. The van der Waals surface area contributed by atoms with E-state index in [4.69, 9.17) is 10.5 Å². The van der Waals surface area contributed by atoms with Gasteiger partial charge in [0.05, 0.1) is 12.1 Å². The third-order valence-corrected chi connectivity index (χ3v) is 1.78. The van der Waals surface area contributed by atoms with Gasteiger partial charge in [-0.2, -0.15) is 10.5 Å². The second-order valence-electron chi connectivity index (χ2n) is 2.84. The second-order valence-corrected chi connectivity index (χ2v) is 2.84. The van der Waals surface area contributed by atoms with Gasteiger partial charge in [-0.3, -0.25) is 4.79 Å². The van der Waals surface area contributed by atoms with Crippen LogP contribution in [0.3, 0.4) is 0 Å². The lowest BCUT2D eigenvalue weighted by molar-refractivity contribution is -0.115. The Kier molecular flexibility index (Phi) is 3.82. The molecule has 0 fully saturated rings. The lowest BCUT2D eigenvalue weighted by Gasteiger charge is -1.92. The summed E-state index contributed by atoms with van der Waals surface area (Å²) in [5.74, 6) is -1.69. The van der Waals surface area contributed by atoms with Gasteiger partial charge < -0.3 is 0 Å². The number of nitriles is 2. The highest BCUT2D eigenvalue weighted by Gasteiger charge is 2.12. The van der Waals surface area contributed by atoms with Gasteiger partial charge in [0.2, 0.25) is 0 Å². The molecular weight excluding hydrogens is 188 g/mol. The molecule has 0 radical (unpaired) electrons. The Morgan fingerprint density at radius 3 is 2.33 bits per heavy atom. The first-order valence-corrected chi connectivity index (χ1v) is 4.34. The fourth-order valence-corrected chi connectivity index (χ4v) is 0.995. The topological polar surface area (TPSA) is 64.7 Å². The summed E-state index contributed by atoms with van der Waals surface area (Å²) in [6.45, 7) is 0. The molecular formula is C12H8N2O. The number of carbonyl (C=O) groups is 1. The Balaban J connectivity index is 2.72. The van der Waals surface area contributed by atoms with Gasteiger partial charge in [0.1, 0.15) is 0 Å². The minimum absolute atomic E-state index is 0.483. The van der Waals surface area contributed by atoms with E-state index >= 15 is 0 Å². The van der Waals surface area contributed by atoms with Crippen LogP contribution in [0, 0.1) is 28.6 Å². The molecule has 1 aromatic carbocycles. The van der Waals surface area contributed by atoms with E-state index in [1.54, 1.807) is 18.2 Å². The number of hydrogen-bond donors (Lipinski definition) is 0. The molecule has 0 unspecified atom stereocenters. The van der Waals surface area contributed by atoms with Gasteiger partial charge in [0.25, 0.3) is 0 Å². The smallest absolute Gasteiger partial charge is 0.195 e. The van der Waals surface area contributed by atoms with Crippen molar-refractivity contribution in [2.24, 2.45) is 5.92 Å². The highest BCUT2D eigenvalue weighted by atomic mass is 16.1. The van der Waals surface area contributed by atoms with Crippen molar-refractivity contribution < 1.29 is 4.79 Å². The van der Waals surface area contributed by atoms with Gasteiger partial charge in [0.15, 0.2) is 11.7 Å². The van der Waals surface area contributed by atoms with Crippen molar-refractivity contribution in [1.82, 2.24) is 0 Å². The maximum absolute atomic E-state index is 11.2. The molecule has 0 bridgehead atoms. The van der Waals surface area contributed by atoms with Crippen molar-refractivity contribution in [3.63, 3.8) is 0 Å². The number of benzene rings is 1. The number of hydrogen-bond acceptors (Lipinski definition) is 3. The first-order chi connectivity index (χ1) is 7.27.